The Bertz CT molecular complexity index is 798. The molecule has 7 nitrogen and oxygen atoms in total. The highest BCUT2D eigenvalue weighted by atomic mass is 16.4. The third-order valence-corrected chi connectivity index (χ3v) is 4.93. The number of urea groups is 1. The molecular weight excluding hydrogens is 320 g/mol. The fourth-order valence-corrected chi connectivity index (χ4v) is 3.36. The number of anilines is 1. The molecule has 134 valence electrons. The van der Waals surface area contributed by atoms with Gasteiger partial charge in [0, 0.05) is 19.3 Å². The van der Waals surface area contributed by atoms with Crippen LogP contribution in [0.1, 0.15) is 44.2 Å². The minimum absolute atomic E-state index is 0.0772. The number of nitrogens with two attached hydrogens (primary N) is 1. The predicted molar refractivity (Wildman–Crippen MR) is 95.3 cm³/mol. The van der Waals surface area contributed by atoms with E-state index in [-0.39, 0.29) is 22.9 Å². The van der Waals surface area contributed by atoms with Crippen molar-refractivity contribution in [2.24, 2.45) is 17.1 Å². The van der Waals surface area contributed by atoms with Crippen LogP contribution >= 0.6 is 0 Å². The first-order valence-electron chi connectivity index (χ1n) is 8.50. The number of primary amides is 1. The number of hydrogen-bond acceptors (Lipinski definition) is 4. The Hall–Kier alpha value is -2.57. The van der Waals surface area contributed by atoms with E-state index >= 15 is 0 Å². The van der Waals surface area contributed by atoms with Crippen molar-refractivity contribution in [2.45, 2.75) is 33.6 Å². The highest BCUT2D eigenvalue weighted by molar-refractivity contribution is 6.09. The van der Waals surface area contributed by atoms with Crippen LogP contribution in [0, 0.1) is 11.3 Å². The van der Waals surface area contributed by atoms with Gasteiger partial charge < -0.3 is 20.4 Å². The van der Waals surface area contributed by atoms with Crippen LogP contribution in [-0.4, -0.2) is 34.9 Å². The number of hydrogen-bond donors (Lipinski definition) is 2. The lowest BCUT2D eigenvalue weighted by Gasteiger charge is -2.38. The van der Waals surface area contributed by atoms with Crippen molar-refractivity contribution in [2.75, 3.05) is 18.4 Å². The van der Waals surface area contributed by atoms with E-state index in [0.717, 1.165) is 12.8 Å². The zero-order valence-electron chi connectivity index (χ0n) is 14.8. The molecule has 1 aliphatic rings. The molecule has 0 saturated carbocycles. The molecule has 1 saturated heterocycles. The highest BCUT2D eigenvalue weighted by Crippen LogP contribution is 2.35. The number of carbonyl (C=O) groups is 2. The molecule has 2 aromatic rings. The van der Waals surface area contributed by atoms with E-state index < -0.39 is 5.91 Å². The molecule has 0 aromatic carbocycles. The molecule has 0 radical (unpaired) electrons. The Labute approximate surface area is 146 Å². The van der Waals surface area contributed by atoms with E-state index in [4.69, 9.17) is 10.2 Å². The number of furan rings is 1. The smallest absolute Gasteiger partial charge is 0.321 e. The van der Waals surface area contributed by atoms with Crippen LogP contribution in [-0.2, 0) is 0 Å². The van der Waals surface area contributed by atoms with Gasteiger partial charge in [0.05, 0.1) is 5.39 Å². The predicted octanol–water partition coefficient (Wildman–Crippen LogP) is 3.22. The molecule has 25 heavy (non-hydrogen) atoms. The molecule has 3 N–H and O–H groups in total. The number of amides is 3. The first-order valence-corrected chi connectivity index (χ1v) is 8.50. The minimum Gasteiger partial charge on any atom is -0.430 e. The molecular formula is C18H24N4O3. The van der Waals surface area contributed by atoms with Gasteiger partial charge in [0.25, 0.3) is 5.91 Å². The molecule has 0 spiro atoms. The van der Waals surface area contributed by atoms with Gasteiger partial charge in [-0.15, -0.1) is 0 Å². The molecule has 3 amide bonds. The summed E-state index contributed by atoms with van der Waals surface area (Å²) in [6.45, 7) is 8.08. The van der Waals surface area contributed by atoms with Gasteiger partial charge in [-0.2, -0.15) is 0 Å². The van der Waals surface area contributed by atoms with E-state index in [1.54, 1.807) is 23.2 Å². The minimum atomic E-state index is -0.736. The van der Waals surface area contributed by atoms with Crippen molar-refractivity contribution >= 4 is 28.7 Å². The number of nitrogens with one attached hydrogen (secondary N) is 1. The summed E-state index contributed by atoms with van der Waals surface area (Å²) in [5, 5.41) is 3.35. The van der Waals surface area contributed by atoms with E-state index in [1.165, 1.54) is 0 Å². The quantitative estimate of drug-likeness (QED) is 0.873. The molecule has 1 aliphatic heterocycles. The molecule has 7 heteroatoms. The molecule has 0 unspecified atom stereocenters. The summed E-state index contributed by atoms with van der Waals surface area (Å²) in [6, 6.07) is 3.20. The Morgan fingerprint density at radius 2 is 2.00 bits per heavy atom. The normalized spacial score (nSPS) is 16.2. The number of rotatable bonds is 2. The van der Waals surface area contributed by atoms with Gasteiger partial charge >= 0.3 is 6.03 Å². The molecule has 0 bridgehead atoms. The lowest BCUT2D eigenvalue weighted by molar-refractivity contribution is 0.0976. The third-order valence-electron chi connectivity index (χ3n) is 4.93. The maximum atomic E-state index is 12.6. The first kappa shape index (κ1) is 17.3. The van der Waals surface area contributed by atoms with Crippen LogP contribution in [0.3, 0.4) is 0 Å². The van der Waals surface area contributed by atoms with Crippen molar-refractivity contribution in [1.29, 1.82) is 0 Å². The maximum absolute atomic E-state index is 12.6. The van der Waals surface area contributed by atoms with Gasteiger partial charge in [0.1, 0.15) is 5.69 Å². The molecule has 3 rings (SSSR count). The second-order valence-corrected chi connectivity index (χ2v) is 7.58. The van der Waals surface area contributed by atoms with Gasteiger partial charge in [-0.25, -0.2) is 9.78 Å². The second kappa shape index (κ2) is 6.38. The fraction of sp³-hybridized carbons (Fsp3) is 0.500. The molecule has 0 aliphatic carbocycles. The highest BCUT2D eigenvalue weighted by Gasteiger charge is 2.31. The summed E-state index contributed by atoms with van der Waals surface area (Å²) < 4.78 is 5.39. The van der Waals surface area contributed by atoms with Crippen LogP contribution < -0.4 is 11.1 Å². The van der Waals surface area contributed by atoms with Crippen LogP contribution in [0.15, 0.2) is 22.7 Å². The van der Waals surface area contributed by atoms with Gasteiger partial charge in [0.2, 0.25) is 11.5 Å². The monoisotopic (exact) mass is 344 g/mol. The number of aromatic nitrogens is 1. The Balaban J connectivity index is 1.77. The number of carbonyl (C=O) groups excluding carboxylic acids is 2. The second-order valence-electron chi connectivity index (χ2n) is 7.58. The zero-order chi connectivity index (χ0) is 18.2. The van der Waals surface area contributed by atoms with Gasteiger partial charge in [-0.3, -0.25) is 4.79 Å². The summed E-state index contributed by atoms with van der Waals surface area (Å²) in [7, 11) is 0. The van der Waals surface area contributed by atoms with Crippen molar-refractivity contribution < 1.29 is 14.0 Å². The maximum Gasteiger partial charge on any atom is 0.321 e. The molecule has 2 aromatic heterocycles. The molecule has 0 atom stereocenters. The summed E-state index contributed by atoms with van der Waals surface area (Å²) >= 11 is 0. The van der Waals surface area contributed by atoms with Gasteiger partial charge in [-0.05, 0) is 36.3 Å². The zero-order valence-corrected chi connectivity index (χ0v) is 14.8. The summed E-state index contributed by atoms with van der Waals surface area (Å²) in [5.41, 5.74) is 6.18. The van der Waals surface area contributed by atoms with Crippen molar-refractivity contribution in [3.05, 3.63) is 24.1 Å². The number of nitrogens with zero attached hydrogens (tertiary/aromatic N) is 2. The number of likely N-dealkylation sites (tertiary alicyclic amines) is 1. The van der Waals surface area contributed by atoms with Gasteiger partial charge in [-0.1, -0.05) is 20.8 Å². The van der Waals surface area contributed by atoms with E-state index in [0.29, 0.717) is 30.1 Å². The lowest BCUT2D eigenvalue weighted by Crippen LogP contribution is -2.43. The largest absolute Gasteiger partial charge is 0.430 e. The standard InChI is InChI=1S/C18H24N4O3/c1-18(2,3)11-6-9-22(10-7-11)17(24)21-13-12-5-4-8-20-16(12)25-14(13)15(19)23/h4-5,8,11H,6-7,9-10H2,1-3H3,(H2,19,23)(H,21,24). The average Bonchev–Trinajstić information content (AvgIpc) is 2.93. The Morgan fingerprint density at radius 3 is 2.60 bits per heavy atom. The van der Waals surface area contributed by atoms with Crippen LogP contribution in [0.2, 0.25) is 0 Å². The molecule has 1 fully saturated rings. The summed E-state index contributed by atoms with van der Waals surface area (Å²) in [6.07, 6.45) is 3.49. The summed E-state index contributed by atoms with van der Waals surface area (Å²) in [4.78, 5) is 30.1. The van der Waals surface area contributed by atoms with E-state index in [2.05, 4.69) is 31.1 Å². The number of piperidine rings is 1. The number of fused-ring (bicyclic) bond motifs is 1. The fourth-order valence-electron chi connectivity index (χ4n) is 3.36. The Kier molecular flexibility index (Phi) is 4.41. The third kappa shape index (κ3) is 3.45. The van der Waals surface area contributed by atoms with Crippen LogP contribution in [0.5, 0.6) is 0 Å². The van der Waals surface area contributed by atoms with E-state index in [1.807, 2.05) is 0 Å². The Morgan fingerprint density at radius 1 is 1.32 bits per heavy atom. The molecule has 3 heterocycles. The van der Waals surface area contributed by atoms with Crippen LogP contribution in [0.4, 0.5) is 10.5 Å². The van der Waals surface area contributed by atoms with Crippen molar-refractivity contribution in [3.63, 3.8) is 0 Å². The first-order chi connectivity index (χ1) is 11.8. The van der Waals surface area contributed by atoms with Crippen molar-refractivity contribution in [1.82, 2.24) is 9.88 Å². The number of pyridine rings is 1. The van der Waals surface area contributed by atoms with Crippen LogP contribution in [0.25, 0.3) is 11.1 Å². The lowest BCUT2D eigenvalue weighted by atomic mass is 9.75. The van der Waals surface area contributed by atoms with Crippen molar-refractivity contribution in [3.8, 4) is 0 Å². The topological polar surface area (TPSA) is 101 Å². The average molecular weight is 344 g/mol. The SMILES string of the molecule is CC(C)(C)C1CCN(C(=O)Nc2c(C(N)=O)oc3ncccc23)CC1. The van der Waals surface area contributed by atoms with Gasteiger partial charge in [0.15, 0.2) is 0 Å². The van der Waals surface area contributed by atoms with E-state index in [9.17, 15) is 9.59 Å². The summed E-state index contributed by atoms with van der Waals surface area (Å²) in [5.74, 6) is -0.219.